The highest BCUT2D eigenvalue weighted by molar-refractivity contribution is 5.96. The molecule has 200 valence electrons. The fraction of sp³-hybridized carbons (Fsp3) is 0.538. The molecule has 1 saturated heterocycles. The van der Waals surface area contributed by atoms with E-state index in [1.165, 1.54) is 6.20 Å². The lowest BCUT2D eigenvalue weighted by Crippen LogP contribution is -2.50. The van der Waals surface area contributed by atoms with Crippen LogP contribution in [0.1, 0.15) is 56.9 Å². The molecular formula is C26H37N7O4. The van der Waals surface area contributed by atoms with Crippen molar-refractivity contribution >= 4 is 35.0 Å². The van der Waals surface area contributed by atoms with Gasteiger partial charge in [0, 0.05) is 43.6 Å². The molecule has 2 heterocycles. The normalized spacial score (nSPS) is 20.3. The number of primary amides is 1. The number of hydrogen-bond donors (Lipinski definition) is 4. The minimum Gasteiger partial charge on any atom is -0.444 e. The Morgan fingerprint density at radius 3 is 2.30 bits per heavy atom. The molecule has 11 heteroatoms. The van der Waals surface area contributed by atoms with Crippen molar-refractivity contribution in [2.75, 3.05) is 41.7 Å². The SMILES string of the molecule is CC(C)(C)OC(=O)N1CCN(c2ccc(Nc3nc(N[C@H]4CC[C@H](O)CC4)cnc3C(N)=O)cc2)CC1. The smallest absolute Gasteiger partial charge is 0.410 e. The molecule has 0 radical (unpaired) electrons. The molecule has 1 aromatic heterocycles. The van der Waals surface area contributed by atoms with Gasteiger partial charge in [-0.15, -0.1) is 0 Å². The highest BCUT2D eigenvalue weighted by Crippen LogP contribution is 2.26. The van der Waals surface area contributed by atoms with E-state index in [4.69, 9.17) is 10.5 Å². The molecule has 1 aliphatic carbocycles. The summed E-state index contributed by atoms with van der Waals surface area (Å²) >= 11 is 0. The summed E-state index contributed by atoms with van der Waals surface area (Å²) in [6.45, 7) is 8.18. The van der Waals surface area contributed by atoms with Crippen LogP contribution in [0.4, 0.5) is 27.8 Å². The van der Waals surface area contributed by atoms with Gasteiger partial charge in [-0.25, -0.2) is 14.8 Å². The van der Waals surface area contributed by atoms with E-state index in [-0.39, 0.29) is 29.8 Å². The van der Waals surface area contributed by atoms with Crippen LogP contribution < -0.4 is 21.3 Å². The van der Waals surface area contributed by atoms with Crippen molar-refractivity contribution in [3.8, 4) is 0 Å². The van der Waals surface area contributed by atoms with E-state index >= 15 is 0 Å². The zero-order chi connectivity index (χ0) is 26.6. The van der Waals surface area contributed by atoms with Gasteiger partial charge in [-0.1, -0.05) is 0 Å². The van der Waals surface area contributed by atoms with Crippen LogP contribution in [0.5, 0.6) is 0 Å². The molecule has 1 saturated carbocycles. The molecule has 2 aromatic rings. The van der Waals surface area contributed by atoms with E-state index in [9.17, 15) is 14.7 Å². The van der Waals surface area contributed by atoms with Gasteiger partial charge in [0.2, 0.25) is 0 Å². The number of benzene rings is 1. The number of aliphatic hydroxyl groups excluding tert-OH is 1. The number of amides is 2. The fourth-order valence-electron chi connectivity index (χ4n) is 4.52. The predicted octanol–water partition coefficient (Wildman–Crippen LogP) is 3.09. The van der Waals surface area contributed by atoms with Crippen molar-refractivity contribution in [1.82, 2.24) is 14.9 Å². The molecule has 2 fully saturated rings. The van der Waals surface area contributed by atoms with E-state index < -0.39 is 11.5 Å². The van der Waals surface area contributed by atoms with Gasteiger partial charge in [-0.3, -0.25) is 4.79 Å². The average molecular weight is 512 g/mol. The van der Waals surface area contributed by atoms with Crippen LogP contribution >= 0.6 is 0 Å². The van der Waals surface area contributed by atoms with E-state index in [2.05, 4.69) is 25.5 Å². The van der Waals surface area contributed by atoms with Crippen LogP contribution in [-0.2, 0) is 4.74 Å². The summed E-state index contributed by atoms with van der Waals surface area (Å²) in [5.74, 6) is 0.169. The number of nitrogens with two attached hydrogens (primary N) is 1. The second-order valence-electron chi connectivity index (χ2n) is 10.6. The zero-order valence-corrected chi connectivity index (χ0v) is 21.7. The number of rotatable bonds is 6. The van der Waals surface area contributed by atoms with Gasteiger partial charge in [-0.05, 0) is 70.7 Å². The number of carbonyl (C=O) groups excluding carboxylic acids is 2. The average Bonchev–Trinajstić information content (AvgIpc) is 2.85. The Morgan fingerprint density at radius 1 is 1.05 bits per heavy atom. The highest BCUT2D eigenvalue weighted by atomic mass is 16.6. The molecule has 37 heavy (non-hydrogen) atoms. The molecule has 2 amide bonds. The Bertz CT molecular complexity index is 1090. The van der Waals surface area contributed by atoms with E-state index in [1.54, 1.807) is 4.90 Å². The lowest BCUT2D eigenvalue weighted by Gasteiger charge is -2.36. The van der Waals surface area contributed by atoms with Gasteiger partial charge < -0.3 is 36.0 Å². The van der Waals surface area contributed by atoms with Gasteiger partial charge >= 0.3 is 6.09 Å². The third kappa shape index (κ3) is 7.22. The topological polar surface area (TPSA) is 146 Å². The van der Waals surface area contributed by atoms with Gasteiger partial charge in [0.1, 0.15) is 11.4 Å². The maximum atomic E-state index is 12.3. The second-order valence-corrected chi connectivity index (χ2v) is 10.6. The van der Waals surface area contributed by atoms with Gasteiger partial charge in [0.25, 0.3) is 5.91 Å². The molecule has 5 N–H and O–H groups in total. The molecule has 0 bridgehead atoms. The van der Waals surface area contributed by atoms with Crippen molar-refractivity contribution in [1.29, 1.82) is 0 Å². The summed E-state index contributed by atoms with van der Waals surface area (Å²) in [4.78, 5) is 37.0. The van der Waals surface area contributed by atoms with Crippen LogP contribution in [-0.4, -0.2) is 75.9 Å². The maximum Gasteiger partial charge on any atom is 0.410 e. The van der Waals surface area contributed by atoms with E-state index in [0.717, 1.165) is 37.1 Å². The lowest BCUT2D eigenvalue weighted by molar-refractivity contribution is 0.0240. The number of anilines is 4. The van der Waals surface area contributed by atoms with Crippen molar-refractivity contribution in [2.24, 2.45) is 5.73 Å². The molecule has 0 unspecified atom stereocenters. The second kappa shape index (κ2) is 11.2. The third-order valence-electron chi connectivity index (χ3n) is 6.48. The maximum absolute atomic E-state index is 12.3. The van der Waals surface area contributed by atoms with Crippen LogP contribution in [0, 0.1) is 0 Å². The molecule has 0 spiro atoms. The number of piperazine rings is 1. The number of aliphatic hydroxyl groups is 1. The van der Waals surface area contributed by atoms with Crippen LogP contribution in [0.2, 0.25) is 0 Å². The van der Waals surface area contributed by atoms with E-state index in [1.807, 2.05) is 45.0 Å². The summed E-state index contributed by atoms with van der Waals surface area (Å²) in [5, 5.41) is 16.3. The summed E-state index contributed by atoms with van der Waals surface area (Å²) in [6.07, 6.45) is 4.17. The first kappa shape index (κ1) is 26.5. The number of ether oxygens (including phenoxy) is 1. The summed E-state index contributed by atoms with van der Waals surface area (Å²) < 4.78 is 5.47. The Hall–Kier alpha value is -3.60. The first-order valence-electron chi connectivity index (χ1n) is 12.8. The summed E-state index contributed by atoms with van der Waals surface area (Å²) in [6, 6.07) is 7.98. The molecule has 0 atom stereocenters. The monoisotopic (exact) mass is 511 g/mol. The highest BCUT2D eigenvalue weighted by Gasteiger charge is 2.26. The molecule has 4 rings (SSSR count). The zero-order valence-electron chi connectivity index (χ0n) is 21.7. The number of aromatic nitrogens is 2. The quantitative estimate of drug-likeness (QED) is 0.459. The molecule has 2 aliphatic rings. The predicted molar refractivity (Wildman–Crippen MR) is 142 cm³/mol. The first-order chi connectivity index (χ1) is 17.6. The number of hydrogen-bond acceptors (Lipinski definition) is 9. The van der Waals surface area contributed by atoms with E-state index in [0.29, 0.717) is 32.0 Å². The third-order valence-corrected chi connectivity index (χ3v) is 6.48. The number of nitrogens with one attached hydrogen (secondary N) is 2. The summed E-state index contributed by atoms with van der Waals surface area (Å²) in [7, 11) is 0. The van der Waals surface area contributed by atoms with Crippen LogP contribution in [0.3, 0.4) is 0 Å². The standard InChI is InChI=1S/C26H37N7O4/c1-26(2,3)37-25(36)33-14-12-32(13-15-33)19-8-4-18(5-9-19)30-24-22(23(27)35)28-16-21(31-24)29-17-6-10-20(34)11-7-17/h4-5,8-9,16-17,20,34H,6-7,10-15H2,1-3H3,(H2,27,35)(H2,29,30,31)/t17-,20-. The van der Waals surface area contributed by atoms with Crippen LogP contribution in [0.25, 0.3) is 0 Å². The molecule has 1 aromatic carbocycles. The number of nitrogens with zero attached hydrogens (tertiary/aromatic N) is 4. The minimum atomic E-state index is -0.665. The first-order valence-corrected chi connectivity index (χ1v) is 12.8. The Morgan fingerprint density at radius 2 is 1.70 bits per heavy atom. The Labute approximate surface area is 217 Å². The fourth-order valence-corrected chi connectivity index (χ4v) is 4.52. The lowest BCUT2D eigenvalue weighted by atomic mass is 9.93. The van der Waals surface area contributed by atoms with Gasteiger partial charge in [0.05, 0.1) is 12.3 Å². The minimum absolute atomic E-state index is 0.0620. The van der Waals surface area contributed by atoms with Gasteiger partial charge in [0.15, 0.2) is 11.5 Å². The molecule has 11 nitrogen and oxygen atoms in total. The largest absolute Gasteiger partial charge is 0.444 e. The van der Waals surface area contributed by atoms with Gasteiger partial charge in [-0.2, -0.15) is 0 Å². The summed E-state index contributed by atoms with van der Waals surface area (Å²) in [5.41, 5.74) is 6.86. The van der Waals surface area contributed by atoms with Crippen molar-refractivity contribution in [3.63, 3.8) is 0 Å². The van der Waals surface area contributed by atoms with Crippen molar-refractivity contribution in [3.05, 3.63) is 36.2 Å². The Balaban J connectivity index is 1.38. The van der Waals surface area contributed by atoms with Crippen molar-refractivity contribution < 1.29 is 19.4 Å². The van der Waals surface area contributed by atoms with Crippen LogP contribution in [0.15, 0.2) is 30.5 Å². The Kier molecular flexibility index (Phi) is 8.01. The number of carbonyl (C=O) groups is 2. The van der Waals surface area contributed by atoms with Crippen molar-refractivity contribution in [2.45, 2.75) is 64.2 Å². The molecule has 1 aliphatic heterocycles. The molecular weight excluding hydrogens is 474 g/mol.